The van der Waals surface area contributed by atoms with E-state index in [1.54, 1.807) is 12.1 Å². The van der Waals surface area contributed by atoms with E-state index in [0.717, 1.165) is 15.6 Å². The van der Waals surface area contributed by atoms with Crippen molar-refractivity contribution in [2.45, 2.75) is 6.92 Å². The molecule has 0 saturated carbocycles. The Kier molecular flexibility index (Phi) is 5.66. The Morgan fingerprint density at radius 2 is 1.52 bits per heavy atom. The van der Waals surface area contributed by atoms with Crippen LogP contribution in [0.1, 0.15) is 38.1 Å². The minimum atomic E-state index is -0.678. The van der Waals surface area contributed by atoms with Gasteiger partial charge >= 0.3 is 5.97 Å². The molecule has 136 valence electrons. The van der Waals surface area contributed by atoms with Crippen LogP contribution in [0.3, 0.4) is 0 Å². The minimum Gasteiger partial charge on any atom is -0.453 e. The van der Waals surface area contributed by atoms with E-state index in [1.165, 1.54) is 19.2 Å². The Bertz CT molecular complexity index is 988. The number of hydrogen-bond donors (Lipinski definition) is 1. The van der Waals surface area contributed by atoms with Crippen LogP contribution in [0.15, 0.2) is 65.3 Å². The summed E-state index contributed by atoms with van der Waals surface area (Å²) < 4.78 is 6.03. The van der Waals surface area contributed by atoms with Gasteiger partial charge in [-0.3, -0.25) is 9.59 Å². The number of carbonyl (C=O) groups is 3. The molecule has 5 nitrogen and oxygen atoms in total. The van der Waals surface area contributed by atoms with Gasteiger partial charge in [-0.05, 0) is 36.2 Å². The number of Topliss-reactive ketones (excluding diaryl/α,β-unsaturated/α-hetero) is 2. The number of nitrogens with one attached hydrogen (secondary N) is 1. The van der Waals surface area contributed by atoms with Crippen LogP contribution in [-0.4, -0.2) is 29.1 Å². The van der Waals surface area contributed by atoms with Crippen molar-refractivity contribution in [3.8, 4) is 11.1 Å². The highest BCUT2D eigenvalue weighted by molar-refractivity contribution is 9.10. The van der Waals surface area contributed by atoms with Gasteiger partial charge in [0.1, 0.15) is 5.69 Å². The third-order valence-electron chi connectivity index (χ3n) is 4.03. The monoisotopic (exact) mass is 425 g/mol. The van der Waals surface area contributed by atoms with Crippen molar-refractivity contribution in [3.63, 3.8) is 0 Å². The maximum absolute atomic E-state index is 12.2. The molecule has 0 aliphatic carbocycles. The highest BCUT2D eigenvalue weighted by atomic mass is 79.9. The van der Waals surface area contributed by atoms with Crippen LogP contribution >= 0.6 is 15.9 Å². The van der Waals surface area contributed by atoms with Gasteiger partial charge in [-0.1, -0.05) is 52.3 Å². The Labute approximate surface area is 164 Å². The molecule has 1 heterocycles. The smallest absolute Gasteiger partial charge is 0.355 e. The number of aromatic nitrogens is 1. The zero-order valence-electron chi connectivity index (χ0n) is 14.5. The van der Waals surface area contributed by atoms with E-state index < -0.39 is 5.97 Å². The van der Waals surface area contributed by atoms with Gasteiger partial charge in [-0.2, -0.15) is 0 Å². The maximum Gasteiger partial charge on any atom is 0.355 e. The predicted molar refractivity (Wildman–Crippen MR) is 105 cm³/mol. The lowest BCUT2D eigenvalue weighted by atomic mass is 10.0. The number of rotatable bonds is 6. The van der Waals surface area contributed by atoms with Crippen LogP contribution in [0.5, 0.6) is 0 Å². The molecule has 0 aliphatic rings. The number of aromatic amines is 1. The number of halogens is 1. The number of hydrogen-bond acceptors (Lipinski definition) is 4. The molecule has 1 aromatic heterocycles. The lowest BCUT2D eigenvalue weighted by Gasteiger charge is -2.05. The van der Waals surface area contributed by atoms with Crippen molar-refractivity contribution in [3.05, 3.63) is 82.1 Å². The summed E-state index contributed by atoms with van der Waals surface area (Å²) in [6.07, 6.45) is 1.43. The minimum absolute atomic E-state index is 0.138. The summed E-state index contributed by atoms with van der Waals surface area (Å²) in [6.45, 7) is 1.03. The topological polar surface area (TPSA) is 76.2 Å². The van der Waals surface area contributed by atoms with Crippen LogP contribution < -0.4 is 0 Å². The quantitative estimate of drug-likeness (QED) is 0.459. The molecule has 6 heteroatoms. The summed E-state index contributed by atoms with van der Waals surface area (Å²) in [7, 11) is 0. The van der Waals surface area contributed by atoms with Crippen molar-refractivity contribution in [2.75, 3.05) is 6.61 Å². The van der Waals surface area contributed by atoms with Gasteiger partial charge in [-0.25, -0.2) is 4.79 Å². The first-order valence-electron chi connectivity index (χ1n) is 8.20. The second-order valence-corrected chi connectivity index (χ2v) is 6.86. The highest BCUT2D eigenvalue weighted by Crippen LogP contribution is 2.22. The number of ketones is 2. The SMILES string of the molecule is CC(=O)c1c[nH]c(C(=O)OCC(=O)c2ccc(-c3ccc(Br)cc3)cc2)c1. The summed E-state index contributed by atoms with van der Waals surface area (Å²) in [6, 6.07) is 16.4. The molecule has 0 unspecified atom stereocenters. The molecule has 0 fully saturated rings. The Morgan fingerprint density at radius 3 is 2.07 bits per heavy atom. The number of esters is 1. The van der Waals surface area contributed by atoms with Gasteiger partial charge in [0.05, 0.1) is 0 Å². The molecule has 1 N–H and O–H groups in total. The van der Waals surface area contributed by atoms with Crippen LogP contribution in [-0.2, 0) is 4.74 Å². The van der Waals surface area contributed by atoms with E-state index in [0.29, 0.717) is 11.1 Å². The summed E-state index contributed by atoms with van der Waals surface area (Å²) in [4.78, 5) is 38.1. The molecule has 0 bridgehead atoms. The van der Waals surface area contributed by atoms with Crippen molar-refractivity contribution in [1.29, 1.82) is 0 Å². The summed E-state index contributed by atoms with van der Waals surface area (Å²) in [5.41, 5.74) is 3.01. The van der Waals surface area contributed by atoms with Gasteiger partial charge in [0, 0.05) is 21.8 Å². The van der Waals surface area contributed by atoms with Gasteiger partial charge < -0.3 is 9.72 Å². The zero-order chi connectivity index (χ0) is 19.4. The van der Waals surface area contributed by atoms with Gasteiger partial charge in [0.2, 0.25) is 0 Å². The third kappa shape index (κ3) is 4.60. The van der Waals surface area contributed by atoms with Crippen LogP contribution in [0.25, 0.3) is 11.1 Å². The van der Waals surface area contributed by atoms with E-state index in [9.17, 15) is 14.4 Å². The molecular formula is C21H16BrNO4. The second kappa shape index (κ2) is 8.14. The van der Waals surface area contributed by atoms with E-state index in [-0.39, 0.29) is 23.9 Å². The van der Waals surface area contributed by atoms with Crippen molar-refractivity contribution < 1.29 is 19.1 Å². The zero-order valence-corrected chi connectivity index (χ0v) is 16.1. The van der Waals surface area contributed by atoms with E-state index in [1.807, 2.05) is 36.4 Å². The molecule has 27 heavy (non-hydrogen) atoms. The molecule has 0 amide bonds. The fourth-order valence-electron chi connectivity index (χ4n) is 2.50. The normalized spacial score (nSPS) is 10.4. The Hall–Kier alpha value is -2.99. The predicted octanol–water partition coefficient (Wildman–Crippen LogP) is 4.69. The fourth-order valence-corrected chi connectivity index (χ4v) is 2.76. The van der Waals surface area contributed by atoms with E-state index in [4.69, 9.17) is 4.74 Å². The molecule has 0 spiro atoms. The first-order valence-corrected chi connectivity index (χ1v) is 8.99. The number of benzene rings is 2. The largest absolute Gasteiger partial charge is 0.453 e. The second-order valence-electron chi connectivity index (χ2n) is 5.94. The van der Waals surface area contributed by atoms with Crippen molar-refractivity contribution in [1.82, 2.24) is 4.98 Å². The molecule has 0 atom stereocenters. The van der Waals surface area contributed by atoms with E-state index >= 15 is 0 Å². The van der Waals surface area contributed by atoms with Gasteiger partial charge in [0.15, 0.2) is 18.2 Å². The molecule has 0 saturated heterocycles. The lowest BCUT2D eigenvalue weighted by Crippen LogP contribution is -2.14. The van der Waals surface area contributed by atoms with E-state index in [2.05, 4.69) is 20.9 Å². The van der Waals surface area contributed by atoms with Crippen molar-refractivity contribution in [2.24, 2.45) is 0 Å². The first-order chi connectivity index (χ1) is 12.9. The Morgan fingerprint density at radius 1 is 0.926 bits per heavy atom. The van der Waals surface area contributed by atoms with Crippen LogP contribution in [0, 0.1) is 0 Å². The van der Waals surface area contributed by atoms with Crippen molar-refractivity contribution >= 4 is 33.5 Å². The summed E-state index contributed by atoms with van der Waals surface area (Å²) in [5.74, 6) is -1.14. The average Bonchev–Trinajstić information content (AvgIpc) is 3.17. The average molecular weight is 426 g/mol. The number of ether oxygens (including phenoxy) is 1. The van der Waals surface area contributed by atoms with Crippen LogP contribution in [0.4, 0.5) is 0 Å². The van der Waals surface area contributed by atoms with Gasteiger partial charge in [0.25, 0.3) is 0 Å². The maximum atomic E-state index is 12.2. The first kappa shape index (κ1) is 18.8. The standard InChI is InChI=1S/C21H16BrNO4/c1-13(24)17-10-19(23-11-17)21(26)27-12-20(25)16-4-2-14(3-5-16)15-6-8-18(22)9-7-15/h2-11,23H,12H2,1H3. The molecular weight excluding hydrogens is 410 g/mol. The highest BCUT2D eigenvalue weighted by Gasteiger charge is 2.15. The summed E-state index contributed by atoms with van der Waals surface area (Å²) >= 11 is 3.40. The lowest BCUT2D eigenvalue weighted by molar-refractivity contribution is 0.0469. The molecule has 3 aromatic rings. The molecule has 2 aromatic carbocycles. The summed E-state index contributed by atoms with van der Waals surface area (Å²) in [5, 5.41) is 0. The fraction of sp³-hybridized carbons (Fsp3) is 0.0952. The molecule has 0 aliphatic heterocycles. The number of H-pyrrole nitrogens is 1. The van der Waals surface area contributed by atoms with Gasteiger partial charge in [-0.15, -0.1) is 0 Å². The Balaban J connectivity index is 1.61. The number of carbonyl (C=O) groups excluding carboxylic acids is 3. The third-order valence-corrected chi connectivity index (χ3v) is 4.56. The van der Waals surface area contributed by atoms with Crippen LogP contribution in [0.2, 0.25) is 0 Å². The molecule has 3 rings (SSSR count). The molecule has 0 radical (unpaired) electrons.